The van der Waals surface area contributed by atoms with Crippen LogP contribution in [0, 0.1) is 13.8 Å². The highest BCUT2D eigenvalue weighted by atomic mass is 79.9. The van der Waals surface area contributed by atoms with Crippen LogP contribution >= 0.6 is 15.9 Å². The Bertz CT molecular complexity index is 631. The normalized spacial score (nSPS) is 18.4. The van der Waals surface area contributed by atoms with Crippen molar-refractivity contribution in [2.75, 3.05) is 0 Å². The van der Waals surface area contributed by atoms with Gasteiger partial charge >= 0.3 is 0 Å². The van der Waals surface area contributed by atoms with E-state index in [1.807, 2.05) is 6.20 Å². The van der Waals surface area contributed by atoms with Gasteiger partial charge in [-0.15, -0.1) is 0 Å². The Balaban J connectivity index is 2.20. The van der Waals surface area contributed by atoms with Gasteiger partial charge in [-0.2, -0.15) is 0 Å². The zero-order valence-electron chi connectivity index (χ0n) is 11.3. The number of nitrogens with zero attached hydrogens (tertiary/aromatic N) is 2. The Hall–Kier alpha value is -1.13. The van der Waals surface area contributed by atoms with Gasteiger partial charge in [-0.1, -0.05) is 0 Å². The van der Waals surface area contributed by atoms with E-state index in [-0.39, 0.29) is 6.04 Å². The van der Waals surface area contributed by atoms with Gasteiger partial charge < -0.3 is 10.3 Å². The lowest BCUT2D eigenvalue weighted by Gasteiger charge is -2.21. The number of rotatable bonds is 1. The van der Waals surface area contributed by atoms with E-state index in [1.165, 1.54) is 22.5 Å². The Morgan fingerprint density at radius 2 is 2.16 bits per heavy atom. The monoisotopic (exact) mass is 319 g/mol. The number of halogens is 1. The molecule has 4 heteroatoms. The van der Waals surface area contributed by atoms with Crippen LogP contribution in [0.3, 0.4) is 0 Å². The van der Waals surface area contributed by atoms with E-state index >= 15 is 0 Å². The van der Waals surface area contributed by atoms with Crippen LogP contribution in [0.2, 0.25) is 0 Å². The van der Waals surface area contributed by atoms with Gasteiger partial charge in [0.15, 0.2) is 0 Å². The Morgan fingerprint density at radius 1 is 1.37 bits per heavy atom. The molecule has 0 spiro atoms. The molecule has 2 aromatic heterocycles. The van der Waals surface area contributed by atoms with Crippen molar-refractivity contribution in [3.63, 3.8) is 0 Å². The number of hydrogen-bond donors (Lipinski definition) is 1. The van der Waals surface area contributed by atoms with Crippen LogP contribution in [0.15, 0.2) is 22.8 Å². The van der Waals surface area contributed by atoms with E-state index in [0.717, 1.165) is 29.6 Å². The summed E-state index contributed by atoms with van der Waals surface area (Å²) in [5, 5.41) is 0. The number of pyridine rings is 1. The summed E-state index contributed by atoms with van der Waals surface area (Å²) in [7, 11) is 0. The first-order chi connectivity index (χ1) is 9.08. The SMILES string of the molecule is Cc1cc(Br)cnc1-n1c(C)cc2c1CCCC2N. The Morgan fingerprint density at radius 3 is 2.89 bits per heavy atom. The summed E-state index contributed by atoms with van der Waals surface area (Å²) in [6.45, 7) is 4.23. The maximum atomic E-state index is 6.23. The highest BCUT2D eigenvalue weighted by Gasteiger charge is 2.23. The molecule has 3 rings (SSSR count). The average Bonchev–Trinajstić information content (AvgIpc) is 2.68. The zero-order valence-corrected chi connectivity index (χ0v) is 12.9. The Labute approximate surface area is 122 Å². The van der Waals surface area contributed by atoms with Gasteiger partial charge in [0.1, 0.15) is 5.82 Å². The predicted octanol–water partition coefficient (Wildman–Crippen LogP) is 3.59. The molecule has 0 fully saturated rings. The maximum Gasteiger partial charge on any atom is 0.140 e. The van der Waals surface area contributed by atoms with Crippen molar-refractivity contribution in [3.8, 4) is 5.82 Å². The van der Waals surface area contributed by atoms with Gasteiger partial charge in [-0.3, -0.25) is 0 Å². The highest BCUT2D eigenvalue weighted by Crippen LogP contribution is 2.33. The van der Waals surface area contributed by atoms with E-state index in [4.69, 9.17) is 5.73 Å². The highest BCUT2D eigenvalue weighted by molar-refractivity contribution is 9.10. The fraction of sp³-hybridized carbons (Fsp3) is 0.400. The topological polar surface area (TPSA) is 43.8 Å². The molecule has 0 aliphatic heterocycles. The molecule has 0 amide bonds. The third-order valence-corrected chi connectivity index (χ3v) is 4.31. The third-order valence-electron chi connectivity index (χ3n) is 3.88. The third kappa shape index (κ3) is 2.13. The Kier molecular flexibility index (Phi) is 3.23. The number of aryl methyl sites for hydroxylation is 2. The van der Waals surface area contributed by atoms with Crippen molar-refractivity contribution >= 4 is 15.9 Å². The van der Waals surface area contributed by atoms with Crippen molar-refractivity contribution in [3.05, 3.63) is 45.3 Å². The first kappa shape index (κ1) is 12.9. The van der Waals surface area contributed by atoms with Gasteiger partial charge in [0.05, 0.1) is 0 Å². The summed E-state index contributed by atoms with van der Waals surface area (Å²) < 4.78 is 3.29. The average molecular weight is 320 g/mol. The van der Waals surface area contributed by atoms with Gasteiger partial charge in [0, 0.05) is 28.1 Å². The van der Waals surface area contributed by atoms with E-state index in [0.29, 0.717) is 0 Å². The van der Waals surface area contributed by atoms with Crippen molar-refractivity contribution in [2.45, 2.75) is 39.2 Å². The van der Waals surface area contributed by atoms with Crippen molar-refractivity contribution in [1.29, 1.82) is 0 Å². The fourth-order valence-electron chi connectivity index (χ4n) is 3.00. The largest absolute Gasteiger partial charge is 0.324 e. The minimum Gasteiger partial charge on any atom is -0.324 e. The van der Waals surface area contributed by atoms with E-state index in [2.05, 4.69) is 51.5 Å². The minimum absolute atomic E-state index is 0.180. The quantitative estimate of drug-likeness (QED) is 0.873. The molecule has 0 aromatic carbocycles. The molecule has 1 aliphatic carbocycles. The van der Waals surface area contributed by atoms with Crippen LogP contribution in [0.1, 0.15) is 41.4 Å². The molecule has 0 saturated heterocycles. The van der Waals surface area contributed by atoms with Gasteiger partial charge in [0.25, 0.3) is 0 Å². The molecule has 2 heterocycles. The lowest BCUT2D eigenvalue weighted by atomic mass is 9.93. The molecule has 0 radical (unpaired) electrons. The van der Waals surface area contributed by atoms with Gasteiger partial charge in [-0.05, 0) is 72.3 Å². The number of aromatic nitrogens is 2. The van der Waals surface area contributed by atoms with Crippen LogP contribution in [-0.2, 0) is 6.42 Å². The van der Waals surface area contributed by atoms with E-state index < -0.39 is 0 Å². The molecule has 3 nitrogen and oxygen atoms in total. The van der Waals surface area contributed by atoms with Crippen molar-refractivity contribution < 1.29 is 0 Å². The second-order valence-corrected chi connectivity index (χ2v) is 6.23. The lowest BCUT2D eigenvalue weighted by Crippen LogP contribution is -2.18. The summed E-state index contributed by atoms with van der Waals surface area (Å²) in [4.78, 5) is 4.59. The first-order valence-corrected chi connectivity index (χ1v) is 7.46. The molecular formula is C15H18BrN3. The van der Waals surface area contributed by atoms with Crippen molar-refractivity contribution in [2.24, 2.45) is 5.73 Å². The molecule has 0 saturated carbocycles. The summed E-state index contributed by atoms with van der Waals surface area (Å²) in [5.41, 5.74) is 11.3. The molecule has 19 heavy (non-hydrogen) atoms. The summed E-state index contributed by atoms with van der Waals surface area (Å²) in [6.07, 6.45) is 5.20. The molecule has 2 aromatic rings. The maximum absolute atomic E-state index is 6.23. The molecule has 2 N–H and O–H groups in total. The van der Waals surface area contributed by atoms with Crippen LogP contribution in [0.4, 0.5) is 0 Å². The molecule has 0 bridgehead atoms. The molecule has 1 atom stereocenters. The number of fused-ring (bicyclic) bond motifs is 1. The summed E-state index contributed by atoms with van der Waals surface area (Å²) >= 11 is 3.47. The minimum atomic E-state index is 0.180. The number of hydrogen-bond acceptors (Lipinski definition) is 2. The first-order valence-electron chi connectivity index (χ1n) is 6.67. The predicted molar refractivity (Wildman–Crippen MR) is 80.6 cm³/mol. The molecule has 1 unspecified atom stereocenters. The van der Waals surface area contributed by atoms with E-state index in [1.54, 1.807) is 0 Å². The van der Waals surface area contributed by atoms with Crippen LogP contribution in [-0.4, -0.2) is 9.55 Å². The molecule has 1 aliphatic rings. The molecular weight excluding hydrogens is 302 g/mol. The second-order valence-electron chi connectivity index (χ2n) is 5.32. The standard InChI is InChI=1S/C15H18BrN3/c1-9-6-11(16)8-18-15(9)19-10(2)7-12-13(17)4-3-5-14(12)19/h6-8,13H,3-5,17H2,1-2H3. The zero-order chi connectivity index (χ0) is 13.6. The summed E-state index contributed by atoms with van der Waals surface area (Å²) in [5.74, 6) is 1.02. The number of nitrogens with two attached hydrogens (primary N) is 1. The van der Waals surface area contributed by atoms with Gasteiger partial charge in [0.2, 0.25) is 0 Å². The fourth-order valence-corrected chi connectivity index (χ4v) is 3.44. The van der Waals surface area contributed by atoms with Gasteiger partial charge in [-0.25, -0.2) is 4.98 Å². The van der Waals surface area contributed by atoms with Crippen LogP contribution in [0.25, 0.3) is 5.82 Å². The smallest absolute Gasteiger partial charge is 0.140 e. The van der Waals surface area contributed by atoms with Crippen molar-refractivity contribution in [1.82, 2.24) is 9.55 Å². The van der Waals surface area contributed by atoms with Crippen LogP contribution in [0.5, 0.6) is 0 Å². The summed E-state index contributed by atoms with van der Waals surface area (Å²) in [6, 6.07) is 4.51. The lowest BCUT2D eigenvalue weighted by molar-refractivity contribution is 0.559. The second kappa shape index (κ2) is 4.76. The molecule has 100 valence electrons. The van der Waals surface area contributed by atoms with Crippen LogP contribution < -0.4 is 5.73 Å². The van der Waals surface area contributed by atoms with E-state index in [9.17, 15) is 0 Å².